The third kappa shape index (κ3) is 5.06. The largest absolute Gasteiger partial charge is 0.331 e. The third-order valence-electron chi connectivity index (χ3n) is 4.06. The molecule has 142 valence electrons. The van der Waals surface area contributed by atoms with Crippen molar-refractivity contribution in [2.24, 2.45) is 0 Å². The van der Waals surface area contributed by atoms with E-state index in [-0.39, 0.29) is 11.3 Å². The molecule has 0 atom stereocenters. The van der Waals surface area contributed by atoms with Crippen LogP contribution in [0, 0.1) is 0 Å². The molecule has 0 bridgehead atoms. The molecule has 28 heavy (non-hydrogen) atoms. The zero-order valence-corrected chi connectivity index (χ0v) is 16.8. The van der Waals surface area contributed by atoms with E-state index in [2.05, 4.69) is 16.2 Å². The first-order chi connectivity index (χ1) is 13.6. The summed E-state index contributed by atoms with van der Waals surface area (Å²) in [6.07, 6.45) is -0.165. The maximum Gasteiger partial charge on any atom is 0.246 e. The van der Waals surface area contributed by atoms with Crippen LogP contribution in [0.2, 0.25) is 0 Å². The highest BCUT2D eigenvalue weighted by molar-refractivity contribution is 7.80. The van der Waals surface area contributed by atoms with Crippen molar-refractivity contribution in [1.29, 1.82) is 0 Å². The van der Waals surface area contributed by atoms with Gasteiger partial charge >= 0.3 is 0 Å². The zero-order valence-electron chi connectivity index (χ0n) is 15.0. The number of hydrogen-bond donors (Lipinski definition) is 3. The first-order valence-corrected chi connectivity index (χ1v) is 11.0. The van der Waals surface area contributed by atoms with Crippen LogP contribution in [0.4, 0.5) is 5.69 Å². The Morgan fingerprint density at radius 3 is 1.71 bits per heavy atom. The summed E-state index contributed by atoms with van der Waals surface area (Å²) in [6, 6.07) is 27.5. The molecule has 0 aliphatic heterocycles. The number of amides is 1. The summed E-state index contributed by atoms with van der Waals surface area (Å²) in [5.41, 5.74) is 5.99. The van der Waals surface area contributed by atoms with Gasteiger partial charge in [0.05, 0.1) is 6.16 Å². The minimum Gasteiger partial charge on any atom is -0.331 e. The van der Waals surface area contributed by atoms with Gasteiger partial charge in [0.25, 0.3) is 0 Å². The van der Waals surface area contributed by atoms with E-state index >= 15 is 0 Å². The van der Waals surface area contributed by atoms with Crippen LogP contribution in [0.3, 0.4) is 0 Å². The molecule has 0 aromatic heterocycles. The maximum atomic E-state index is 13.8. The second-order valence-electron chi connectivity index (χ2n) is 6.06. The number of hydrazine groups is 1. The monoisotopic (exact) mass is 409 g/mol. The van der Waals surface area contributed by atoms with Crippen LogP contribution in [-0.2, 0) is 9.36 Å². The van der Waals surface area contributed by atoms with Crippen molar-refractivity contribution in [3.63, 3.8) is 0 Å². The number of para-hydroxylation sites is 1. The van der Waals surface area contributed by atoms with E-state index < -0.39 is 13.0 Å². The fourth-order valence-electron chi connectivity index (χ4n) is 2.72. The summed E-state index contributed by atoms with van der Waals surface area (Å²) in [4.78, 5) is 12.5. The highest BCUT2D eigenvalue weighted by atomic mass is 32.1. The van der Waals surface area contributed by atoms with E-state index in [0.717, 1.165) is 5.69 Å². The van der Waals surface area contributed by atoms with Crippen molar-refractivity contribution in [3.8, 4) is 0 Å². The highest BCUT2D eigenvalue weighted by Crippen LogP contribution is 2.42. The third-order valence-corrected chi connectivity index (χ3v) is 7.26. The van der Waals surface area contributed by atoms with Gasteiger partial charge in [0.15, 0.2) is 12.3 Å². The van der Waals surface area contributed by atoms with Gasteiger partial charge in [0.1, 0.15) is 0 Å². The second kappa shape index (κ2) is 9.31. The summed E-state index contributed by atoms with van der Waals surface area (Å²) in [6.45, 7) is 0. The number of anilines is 1. The molecule has 0 heterocycles. The summed E-state index contributed by atoms with van der Waals surface area (Å²) < 4.78 is 13.8. The number of benzene rings is 3. The molecule has 0 spiro atoms. The molecular weight excluding hydrogens is 389 g/mol. The van der Waals surface area contributed by atoms with Crippen molar-refractivity contribution >= 4 is 46.7 Å². The van der Waals surface area contributed by atoms with Crippen molar-refractivity contribution in [2.75, 3.05) is 11.5 Å². The Balaban J connectivity index is 1.69. The maximum absolute atomic E-state index is 13.8. The molecule has 0 saturated heterocycles. The number of carbonyl (C=O) groups excluding carboxylic acids is 1. The molecule has 5 nitrogen and oxygen atoms in total. The van der Waals surface area contributed by atoms with Gasteiger partial charge < -0.3 is 9.88 Å². The molecule has 0 aliphatic carbocycles. The van der Waals surface area contributed by atoms with E-state index in [1.54, 1.807) is 24.3 Å². The first-order valence-electron chi connectivity index (χ1n) is 8.69. The lowest BCUT2D eigenvalue weighted by atomic mass is 10.3. The van der Waals surface area contributed by atoms with E-state index in [4.69, 9.17) is 12.2 Å². The minimum atomic E-state index is -3.12. The summed E-state index contributed by atoms with van der Waals surface area (Å²) >= 11 is 5.18. The van der Waals surface area contributed by atoms with Crippen molar-refractivity contribution < 1.29 is 9.36 Å². The van der Waals surface area contributed by atoms with Crippen LogP contribution < -0.4 is 26.8 Å². The average molecular weight is 409 g/mol. The predicted molar refractivity (Wildman–Crippen MR) is 119 cm³/mol. The summed E-state index contributed by atoms with van der Waals surface area (Å²) in [7, 11) is -3.12. The highest BCUT2D eigenvalue weighted by Gasteiger charge is 2.30. The Labute approximate surface area is 169 Å². The van der Waals surface area contributed by atoms with Crippen molar-refractivity contribution in [3.05, 3.63) is 91.0 Å². The summed E-state index contributed by atoms with van der Waals surface area (Å²) in [5, 5.41) is 4.48. The van der Waals surface area contributed by atoms with E-state index in [9.17, 15) is 9.36 Å². The van der Waals surface area contributed by atoms with Crippen LogP contribution >= 0.6 is 19.4 Å². The summed E-state index contributed by atoms with van der Waals surface area (Å²) in [5.74, 6) is -0.409. The topological polar surface area (TPSA) is 70.2 Å². The standard InChI is InChI=1S/C21H20N3O2PS/c25-20(23-24-21(28)22-17-10-4-1-5-11-17)16-27(26,18-12-6-2-7-13-18)19-14-8-3-9-15-19/h1-15H,16H2,(H,23,25)(H2,22,24,28). The van der Waals surface area contributed by atoms with Crippen LogP contribution in [0.15, 0.2) is 91.0 Å². The zero-order chi connectivity index (χ0) is 19.8. The molecule has 3 N–H and O–H groups in total. The SMILES string of the molecule is O=C(CP(=O)(c1ccccc1)c1ccccc1)NNC(=S)Nc1ccccc1. The molecule has 7 heteroatoms. The quantitative estimate of drug-likeness (QED) is 0.343. The number of thiocarbonyl (C=S) groups is 1. The van der Waals surface area contributed by atoms with Crippen LogP contribution in [-0.4, -0.2) is 17.2 Å². The van der Waals surface area contributed by atoms with Gasteiger partial charge in [-0.05, 0) is 24.4 Å². The van der Waals surface area contributed by atoms with Gasteiger partial charge in [-0.2, -0.15) is 0 Å². The van der Waals surface area contributed by atoms with Gasteiger partial charge in [0, 0.05) is 16.3 Å². The fourth-order valence-corrected chi connectivity index (χ4v) is 5.34. The average Bonchev–Trinajstić information content (AvgIpc) is 2.74. The van der Waals surface area contributed by atoms with E-state index in [1.807, 2.05) is 66.7 Å². The number of nitrogens with one attached hydrogen (secondary N) is 3. The predicted octanol–water partition coefficient (Wildman–Crippen LogP) is 3.02. The molecule has 1 amide bonds. The number of carbonyl (C=O) groups is 1. The second-order valence-corrected chi connectivity index (χ2v) is 9.30. The van der Waals surface area contributed by atoms with E-state index in [0.29, 0.717) is 10.6 Å². The number of rotatable bonds is 5. The Hall–Kier alpha value is -2.95. The molecule has 0 unspecified atom stereocenters. The fraction of sp³-hybridized carbons (Fsp3) is 0.0476. The van der Waals surface area contributed by atoms with Gasteiger partial charge in [-0.15, -0.1) is 0 Å². The Morgan fingerprint density at radius 1 is 0.750 bits per heavy atom. The Kier molecular flexibility index (Phi) is 6.58. The number of hydrogen-bond acceptors (Lipinski definition) is 3. The normalized spacial score (nSPS) is 10.7. The van der Waals surface area contributed by atoms with Crippen molar-refractivity contribution in [2.45, 2.75) is 0 Å². The molecule has 3 rings (SSSR count). The van der Waals surface area contributed by atoms with Crippen LogP contribution in [0.25, 0.3) is 0 Å². The molecule has 0 saturated carbocycles. The van der Waals surface area contributed by atoms with E-state index in [1.165, 1.54) is 0 Å². The van der Waals surface area contributed by atoms with Crippen LogP contribution in [0.1, 0.15) is 0 Å². The molecule has 0 aliphatic rings. The molecular formula is C21H20N3O2PS. The lowest BCUT2D eigenvalue weighted by Gasteiger charge is -2.19. The molecule has 3 aromatic rings. The lowest BCUT2D eigenvalue weighted by Crippen LogP contribution is -2.45. The first kappa shape index (κ1) is 19.8. The Bertz CT molecular complexity index is 939. The van der Waals surface area contributed by atoms with Gasteiger partial charge in [-0.3, -0.25) is 15.6 Å². The minimum absolute atomic E-state index is 0.165. The lowest BCUT2D eigenvalue weighted by molar-refractivity contribution is -0.119. The smallest absolute Gasteiger partial charge is 0.246 e. The Morgan fingerprint density at radius 2 is 1.21 bits per heavy atom. The van der Waals surface area contributed by atoms with Crippen molar-refractivity contribution in [1.82, 2.24) is 10.9 Å². The van der Waals surface area contributed by atoms with Crippen LogP contribution in [0.5, 0.6) is 0 Å². The van der Waals surface area contributed by atoms with Gasteiger partial charge in [-0.1, -0.05) is 78.9 Å². The molecule has 3 aromatic carbocycles. The van der Waals surface area contributed by atoms with Gasteiger partial charge in [-0.25, -0.2) is 0 Å². The van der Waals surface area contributed by atoms with Gasteiger partial charge in [0.2, 0.25) is 5.91 Å². The molecule has 0 radical (unpaired) electrons. The molecule has 0 fully saturated rings.